The van der Waals surface area contributed by atoms with E-state index >= 15 is 0 Å². The van der Waals surface area contributed by atoms with Crippen molar-refractivity contribution in [3.8, 4) is 11.3 Å². The molecule has 22 heavy (non-hydrogen) atoms. The van der Waals surface area contributed by atoms with Crippen molar-refractivity contribution in [2.24, 2.45) is 12.8 Å². The number of rotatable bonds is 4. The van der Waals surface area contributed by atoms with Gasteiger partial charge in [0.15, 0.2) is 0 Å². The Morgan fingerprint density at radius 2 is 2.05 bits per heavy atom. The number of fused-ring (bicyclic) bond motifs is 1. The third kappa shape index (κ3) is 2.55. The predicted octanol–water partition coefficient (Wildman–Crippen LogP) is 1.90. The summed E-state index contributed by atoms with van der Waals surface area (Å²) in [4.78, 5) is 12.3. The highest BCUT2D eigenvalue weighted by Crippen LogP contribution is 2.20. The van der Waals surface area contributed by atoms with Gasteiger partial charge >= 0.3 is 0 Å². The van der Waals surface area contributed by atoms with Gasteiger partial charge in [0.2, 0.25) is 0 Å². The first-order valence-electron chi connectivity index (χ1n) is 7.46. The first-order valence-corrected chi connectivity index (χ1v) is 7.46. The van der Waals surface area contributed by atoms with Gasteiger partial charge in [0, 0.05) is 30.4 Å². The molecule has 3 aromatic rings. The van der Waals surface area contributed by atoms with Crippen LogP contribution in [0.5, 0.6) is 0 Å². The number of nitrogens with zero attached hydrogens (tertiary/aromatic N) is 3. The average Bonchev–Trinajstić information content (AvgIpc) is 2.95. The fraction of sp³-hybridized carbons (Fsp3) is 0.294. The highest BCUT2D eigenvalue weighted by atomic mass is 16.1. The Bertz CT molecular complexity index is 876. The van der Waals surface area contributed by atoms with Crippen LogP contribution in [0.25, 0.3) is 16.9 Å². The average molecular weight is 296 g/mol. The lowest BCUT2D eigenvalue weighted by Crippen LogP contribution is -2.20. The summed E-state index contributed by atoms with van der Waals surface area (Å²) in [6.45, 7) is 2.66. The van der Waals surface area contributed by atoms with Crippen LogP contribution in [0.3, 0.4) is 0 Å². The molecular weight excluding hydrogens is 276 g/mol. The summed E-state index contributed by atoms with van der Waals surface area (Å²) in [7, 11) is 1.96. The largest absolute Gasteiger partial charge is 0.333 e. The lowest BCUT2D eigenvalue weighted by Gasteiger charge is -2.09. The molecule has 0 saturated carbocycles. The molecule has 0 amide bonds. The predicted molar refractivity (Wildman–Crippen MR) is 88.0 cm³/mol. The molecule has 1 aromatic carbocycles. The molecule has 5 heteroatoms. The zero-order chi connectivity index (χ0) is 15.7. The Labute approximate surface area is 129 Å². The first-order chi connectivity index (χ1) is 10.6. The van der Waals surface area contributed by atoms with Crippen LogP contribution in [0.1, 0.15) is 17.7 Å². The Morgan fingerprint density at radius 1 is 1.23 bits per heavy atom. The number of aromatic nitrogens is 3. The van der Waals surface area contributed by atoms with E-state index in [-0.39, 0.29) is 5.56 Å². The van der Waals surface area contributed by atoms with Crippen LogP contribution in [0, 0.1) is 6.92 Å². The van der Waals surface area contributed by atoms with Gasteiger partial charge in [0.1, 0.15) is 5.65 Å². The monoisotopic (exact) mass is 296 g/mol. The summed E-state index contributed by atoms with van der Waals surface area (Å²) >= 11 is 0. The zero-order valence-corrected chi connectivity index (χ0v) is 12.9. The summed E-state index contributed by atoms with van der Waals surface area (Å²) < 4.78 is 3.48. The van der Waals surface area contributed by atoms with Crippen molar-refractivity contribution in [3.63, 3.8) is 0 Å². The molecule has 0 spiro atoms. The summed E-state index contributed by atoms with van der Waals surface area (Å²) in [6.07, 6.45) is 1.66. The fourth-order valence-electron chi connectivity index (χ4n) is 2.69. The van der Waals surface area contributed by atoms with Crippen LogP contribution >= 0.6 is 0 Å². The van der Waals surface area contributed by atoms with Gasteiger partial charge < -0.3 is 10.3 Å². The van der Waals surface area contributed by atoms with Crippen LogP contribution in [-0.4, -0.2) is 20.7 Å². The topological polar surface area (TPSA) is 65.3 Å². The second-order valence-corrected chi connectivity index (χ2v) is 5.59. The van der Waals surface area contributed by atoms with Crippen molar-refractivity contribution in [2.75, 3.05) is 6.54 Å². The maximum absolute atomic E-state index is 12.3. The Kier molecular flexibility index (Phi) is 3.81. The molecule has 0 aliphatic carbocycles. The van der Waals surface area contributed by atoms with E-state index in [1.807, 2.05) is 42.8 Å². The molecule has 3 rings (SSSR count). The third-order valence-electron chi connectivity index (χ3n) is 3.91. The molecule has 2 aromatic heterocycles. The lowest BCUT2D eigenvalue weighted by molar-refractivity contribution is 0.725. The molecule has 0 aliphatic heterocycles. The lowest BCUT2D eigenvalue weighted by atomic mass is 10.1. The van der Waals surface area contributed by atoms with E-state index in [1.54, 1.807) is 6.07 Å². The molecule has 0 aliphatic rings. The van der Waals surface area contributed by atoms with Crippen LogP contribution in [0.2, 0.25) is 0 Å². The van der Waals surface area contributed by atoms with E-state index in [1.165, 1.54) is 10.1 Å². The minimum atomic E-state index is -0.0981. The van der Waals surface area contributed by atoms with Crippen LogP contribution in [-0.2, 0) is 13.5 Å². The normalized spacial score (nSPS) is 11.2. The smallest absolute Gasteiger partial charge is 0.274 e. The third-order valence-corrected chi connectivity index (χ3v) is 3.91. The van der Waals surface area contributed by atoms with Crippen molar-refractivity contribution < 1.29 is 0 Å². The van der Waals surface area contributed by atoms with Crippen LogP contribution in [0.4, 0.5) is 0 Å². The van der Waals surface area contributed by atoms with Crippen LogP contribution in [0.15, 0.2) is 41.2 Å². The summed E-state index contributed by atoms with van der Waals surface area (Å²) in [5, 5.41) is 4.46. The van der Waals surface area contributed by atoms with Gasteiger partial charge in [0.25, 0.3) is 5.56 Å². The molecule has 0 saturated heterocycles. The highest BCUT2D eigenvalue weighted by molar-refractivity contribution is 5.65. The van der Waals surface area contributed by atoms with Crippen molar-refractivity contribution in [1.82, 2.24) is 14.2 Å². The molecule has 114 valence electrons. The van der Waals surface area contributed by atoms with E-state index in [0.717, 1.165) is 35.4 Å². The van der Waals surface area contributed by atoms with E-state index < -0.39 is 0 Å². The van der Waals surface area contributed by atoms with Crippen molar-refractivity contribution >= 4 is 5.65 Å². The van der Waals surface area contributed by atoms with Crippen LogP contribution < -0.4 is 11.3 Å². The number of hydrogen-bond donors (Lipinski definition) is 1. The Morgan fingerprint density at radius 3 is 2.77 bits per heavy atom. The SMILES string of the molecule is Cc1cccc(-c2cc3n(C)c(CCCN)cc(=O)n3n2)c1. The summed E-state index contributed by atoms with van der Waals surface area (Å²) in [5.74, 6) is 0. The molecule has 0 fully saturated rings. The highest BCUT2D eigenvalue weighted by Gasteiger charge is 2.11. The minimum Gasteiger partial charge on any atom is -0.333 e. The van der Waals surface area contributed by atoms with Gasteiger partial charge in [-0.15, -0.1) is 0 Å². The fourth-order valence-corrected chi connectivity index (χ4v) is 2.69. The first kappa shape index (κ1) is 14.5. The van der Waals surface area contributed by atoms with E-state index in [0.29, 0.717) is 6.54 Å². The molecule has 0 unspecified atom stereocenters. The number of hydrogen-bond acceptors (Lipinski definition) is 3. The van der Waals surface area contributed by atoms with Gasteiger partial charge in [-0.3, -0.25) is 4.79 Å². The second kappa shape index (κ2) is 5.77. The second-order valence-electron chi connectivity index (χ2n) is 5.59. The van der Waals surface area contributed by atoms with Gasteiger partial charge in [-0.05, 0) is 32.4 Å². The maximum atomic E-state index is 12.3. The molecule has 0 bridgehead atoms. The molecule has 5 nitrogen and oxygen atoms in total. The van der Waals surface area contributed by atoms with Gasteiger partial charge in [-0.2, -0.15) is 9.61 Å². The van der Waals surface area contributed by atoms with Gasteiger partial charge in [0.05, 0.1) is 5.69 Å². The van der Waals surface area contributed by atoms with Crippen molar-refractivity contribution in [1.29, 1.82) is 0 Å². The zero-order valence-electron chi connectivity index (χ0n) is 12.9. The summed E-state index contributed by atoms with van der Waals surface area (Å²) in [5.41, 5.74) is 10.3. The maximum Gasteiger partial charge on any atom is 0.274 e. The standard InChI is InChI=1S/C17H20N4O/c1-12-5-3-6-13(9-12)15-11-16-20(2)14(7-4-8-18)10-17(22)21(16)19-15/h3,5-6,9-11H,4,7-8,18H2,1-2H3. The molecule has 2 heterocycles. The van der Waals surface area contributed by atoms with Gasteiger partial charge in [-0.25, -0.2) is 0 Å². The summed E-state index contributed by atoms with van der Waals surface area (Å²) in [6, 6.07) is 11.7. The van der Waals surface area contributed by atoms with E-state index in [9.17, 15) is 4.79 Å². The molecule has 2 N–H and O–H groups in total. The molecular formula is C17H20N4O. The molecule has 0 radical (unpaired) electrons. The Hall–Kier alpha value is -2.40. The quantitative estimate of drug-likeness (QED) is 0.799. The number of aryl methyl sites for hydroxylation is 3. The van der Waals surface area contributed by atoms with E-state index in [2.05, 4.69) is 11.2 Å². The number of benzene rings is 1. The molecule has 0 atom stereocenters. The van der Waals surface area contributed by atoms with E-state index in [4.69, 9.17) is 5.73 Å². The minimum absolute atomic E-state index is 0.0981. The van der Waals surface area contributed by atoms with Crippen molar-refractivity contribution in [2.45, 2.75) is 19.8 Å². The Balaban J connectivity index is 2.15. The van der Waals surface area contributed by atoms with Gasteiger partial charge in [-0.1, -0.05) is 23.8 Å². The van der Waals surface area contributed by atoms with Crippen molar-refractivity contribution in [3.05, 3.63) is 58.0 Å². The number of nitrogens with two attached hydrogens (primary N) is 1.